The Balaban J connectivity index is 1.59. The molecule has 0 saturated carbocycles. The minimum atomic E-state index is -4.49. The number of carbonyl (C=O) groups excluding carboxylic acids is 1. The van der Waals surface area contributed by atoms with E-state index in [1.54, 1.807) is 0 Å². The molecule has 1 N–H and O–H groups in total. The molecule has 1 fully saturated rings. The second-order valence-electron chi connectivity index (χ2n) is 6.42. The third-order valence-corrected chi connectivity index (χ3v) is 4.45. The molecule has 1 heterocycles. The fraction of sp³-hybridized carbons (Fsp3) is 0.300. The van der Waals surface area contributed by atoms with E-state index >= 15 is 0 Å². The lowest BCUT2D eigenvalue weighted by Gasteiger charge is -2.28. The first kappa shape index (κ1) is 18.9. The standard InChI is InChI=1S/C20H20F3N3O/c21-20(22,23)17-6-4-5-16(13-17)19(27)25-24-14-15-7-9-18(10-8-15)26-11-2-1-3-12-26/h4-10,13-14H,1-3,11-12H2,(H,25,27)/b24-14-. The minimum Gasteiger partial charge on any atom is -0.372 e. The molecular weight excluding hydrogens is 355 g/mol. The molecule has 1 amide bonds. The Morgan fingerprint density at radius 1 is 1.04 bits per heavy atom. The van der Waals surface area contributed by atoms with Gasteiger partial charge in [0.2, 0.25) is 0 Å². The number of rotatable bonds is 4. The van der Waals surface area contributed by atoms with E-state index in [1.165, 1.54) is 37.6 Å². The lowest BCUT2D eigenvalue weighted by Crippen LogP contribution is -2.29. The van der Waals surface area contributed by atoms with E-state index in [4.69, 9.17) is 0 Å². The smallest absolute Gasteiger partial charge is 0.372 e. The number of anilines is 1. The van der Waals surface area contributed by atoms with Gasteiger partial charge in [-0.3, -0.25) is 4.79 Å². The Bertz CT molecular complexity index is 810. The maximum atomic E-state index is 12.7. The Hall–Kier alpha value is -2.83. The quantitative estimate of drug-likeness (QED) is 0.633. The maximum absolute atomic E-state index is 12.7. The van der Waals surface area contributed by atoms with Crippen molar-refractivity contribution in [2.75, 3.05) is 18.0 Å². The van der Waals surface area contributed by atoms with Gasteiger partial charge in [-0.05, 0) is 55.2 Å². The normalized spacial score (nSPS) is 15.1. The summed E-state index contributed by atoms with van der Waals surface area (Å²) in [5.74, 6) is -0.692. The van der Waals surface area contributed by atoms with Crippen molar-refractivity contribution in [3.8, 4) is 0 Å². The molecule has 3 rings (SSSR count). The van der Waals surface area contributed by atoms with E-state index in [0.29, 0.717) is 0 Å². The molecule has 0 aromatic heterocycles. The van der Waals surface area contributed by atoms with E-state index < -0.39 is 17.6 Å². The highest BCUT2D eigenvalue weighted by atomic mass is 19.4. The molecule has 4 nitrogen and oxygen atoms in total. The van der Waals surface area contributed by atoms with E-state index in [1.807, 2.05) is 24.3 Å². The monoisotopic (exact) mass is 375 g/mol. The van der Waals surface area contributed by atoms with Gasteiger partial charge in [0, 0.05) is 24.3 Å². The van der Waals surface area contributed by atoms with Crippen LogP contribution in [0.2, 0.25) is 0 Å². The number of nitrogens with zero attached hydrogens (tertiary/aromatic N) is 2. The first-order valence-corrected chi connectivity index (χ1v) is 8.79. The Morgan fingerprint density at radius 2 is 1.74 bits per heavy atom. The van der Waals surface area contributed by atoms with Crippen molar-refractivity contribution in [2.45, 2.75) is 25.4 Å². The topological polar surface area (TPSA) is 44.7 Å². The minimum absolute atomic E-state index is 0.0950. The molecule has 0 atom stereocenters. The Labute approximate surface area is 155 Å². The summed E-state index contributed by atoms with van der Waals surface area (Å²) in [6.45, 7) is 2.11. The van der Waals surface area contributed by atoms with Gasteiger partial charge in [-0.2, -0.15) is 18.3 Å². The van der Waals surface area contributed by atoms with E-state index in [2.05, 4.69) is 15.4 Å². The second-order valence-corrected chi connectivity index (χ2v) is 6.42. The zero-order valence-corrected chi connectivity index (χ0v) is 14.7. The van der Waals surface area contributed by atoms with Crippen LogP contribution in [0.15, 0.2) is 53.6 Å². The Morgan fingerprint density at radius 3 is 2.41 bits per heavy atom. The maximum Gasteiger partial charge on any atom is 0.416 e. The molecule has 27 heavy (non-hydrogen) atoms. The summed E-state index contributed by atoms with van der Waals surface area (Å²) in [6, 6.07) is 12.0. The van der Waals surface area contributed by atoms with Crippen LogP contribution in [0.25, 0.3) is 0 Å². The third-order valence-electron chi connectivity index (χ3n) is 4.45. The molecule has 1 aliphatic rings. The van der Waals surface area contributed by atoms with E-state index in [9.17, 15) is 18.0 Å². The van der Waals surface area contributed by atoms with Gasteiger partial charge in [0.1, 0.15) is 0 Å². The molecule has 0 aliphatic carbocycles. The molecular formula is C20H20F3N3O. The number of hydrogen-bond donors (Lipinski definition) is 1. The van der Waals surface area contributed by atoms with Crippen LogP contribution in [0.5, 0.6) is 0 Å². The number of hydrogen-bond acceptors (Lipinski definition) is 3. The second kappa shape index (κ2) is 8.24. The summed E-state index contributed by atoms with van der Waals surface area (Å²) in [5.41, 5.74) is 3.24. The number of carbonyl (C=O) groups is 1. The van der Waals surface area contributed by atoms with Crippen LogP contribution in [-0.4, -0.2) is 25.2 Å². The van der Waals surface area contributed by atoms with Crippen molar-refractivity contribution < 1.29 is 18.0 Å². The van der Waals surface area contributed by atoms with Crippen LogP contribution in [0.3, 0.4) is 0 Å². The van der Waals surface area contributed by atoms with Crippen molar-refractivity contribution in [2.24, 2.45) is 5.10 Å². The van der Waals surface area contributed by atoms with Gasteiger partial charge in [0.25, 0.3) is 5.91 Å². The van der Waals surface area contributed by atoms with Crippen molar-refractivity contribution in [3.05, 3.63) is 65.2 Å². The predicted molar refractivity (Wildman–Crippen MR) is 99.0 cm³/mol. The van der Waals surface area contributed by atoms with Gasteiger partial charge < -0.3 is 4.90 Å². The highest BCUT2D eigenvalue weighted by molar-refractivity contribution is 5.95. The average Bonchev–Trinajstić information content (AvgIpc) is 2.68. The lowest BCUT2D eigenvalue weighted by molar-refractivity contribution is -0.137. The van der Waals surface area contributed by atoms with Crippen LogP contribution < -0.4 is 10.3 Å². The van der Waals surface area contributed by atoms with Crippen molar-refractivity contribution in [3.63, 3.8) is 0 Å². The van der Waals surface area contributed by atoms with Crippen molar-refractivity contribution in [1.82, 2.24) is 5.43 Å². The summed E-state index contributed by atoms with van der Waals surface area (Å²) in [6.07, 6.45) is 0.642. The van der Waals surface area contributed by atoms with Gasteiger partial charge >= 0.3 is 6.18 Å². The van der Waals surface area contributed by atoms with Gasteiger partial charge in [-0.15, -0.1) is 0 Å². The zero-order chi connectivity index (χ0) is 19.3. The number of nitrogens with one attached hydrogen (secondary N) is 1. The summed E-state index contributed by atoms with van der Waals surface area (Å²) in [4.78, 5) is 14.3. The summed E-state index contributed by atoms with van der Waals surface area (Å²) in [7, 11) is 0. The van der Waals surface area contributed by atoms with Crippen LogP contribution in [0.4, 0.5) is 18.9 Å². The van der Waals surface area contributed by atoms with E-state index in [0.717, 1.165) is 36.5 Å². The van der Waals surface area contributed by atoms with Gasteiger partial charge in [0.05, 0.1) is 11.8 Å². The van der Waals surface area contributed by atoms with Crippen LogP contribution in [-0.2, 0) is 6.18 Å². The number of hydrazone groups is 1. The average molecular weight is 375 g/mol. The molecule has 7 heteroatoms. The third kappa shape index (κ3) is 5.09. The largest absolute Gasteiger partial charge is 0.416 e. The highest BCUT2D eigenvalue weighted by Gasteiger charge is 2.30. The first-order valence-electron chi connectivity index (χ1n) is 8.79. The predicted octanol–water partition coefficient (Wildman–Crippen LogP) is 4.46. The van der Waals surface area contributed by atoms with Crippen LogP contribution in [0, 0.1) is 0 Å². The van der Waals surface area contributed by atoms with Gasteiger partial charge in [0.15, 0.2) is 0 Å². The summed E-state index contributed by atoms with van der Waals surface area (Å²) >= 11 is 0. The number of alkyl halides is 3. The van der Waals surface area contributed by atoms with E-state index in [-0.39, 0.29) is 5.56 Å². The van der Waals surface area contributed by atoms with Crippen molar-refractivity contribution in [1.29, 1.82) is 0 Å². The molecule has 1 aliphatic heterocycles. The molecule has 1 saturated heterocycles. The lowest BCUT2D eigenvalue weighted by atomic mass is 10.1. The molecule has 0 bridgehead atoms. The molecule has 2 aromatic carbocycles. The fourth-order valence-electron chi connectivity index (χ4n) is 2.99. The van der Waals surface area contributed by atoms with Gasteiger partial charge in [-0.1, -0.05) is 18.2 Å². The van der Waals surface area contributed by atoms with Crippen molar-refractivity contribution >= 4 is 17.8 Å². The molecule has 0 unspecified atom stereocenters. The van der Waals surface area contributed by atoms with Crippen LogP contribution >= 0.6 is 0 Å². The SMILES string of the molecule is O=C(N/N=C\c1ccc(N2CCCCC2)cc1)c1cccc(C(F)(F)F)c1. The highest BCUT2D eigenvalue weighted by Crippen LogP contribution is 2.29. The molecule has 0 radical (unpaired) electrons. The molecule has 2 aromatic rings. The number of amides is 1. The summed E-state index contributed by atoms with van der Waals surface area (Å²) < 4.78 is 38.1. The fourth-order valence-corrected chi connectivity index (χ4v) is 2.99. The zero-order valence-electron chi connectivity index (χ0n) is 14.7. The molecule has 0 spiro atoms. The Kier molecular flexibility index (Phi) is 5.78. The number of halogens is 3. The van der Waals surface area contributed by atoms with Crippen LogP contribution in [0.1, 0.15) is 40.7 Å². The van der Waals surface area contributed by atoms with Gasteiger partial charge in [-0.25, -0.2) is 5.43 Å². The first-order chi connectivity index (χ1) is 12.9. The molecule has 142 valence electrons. The number of piperidine rings is 1. The number of benzene rings is 2. The summed E-state index contributed by atoms with van der Waals surface area (Å²) in [5, 5.41) is 3.83.